The maximum Gasteiger partial charge on any atom is 0.254 e. The molecule has 0 radical (unpaired) electrons. The molecule has 3 rings (SSSR count). The van der Waals surface area contributed by atoms with Crippen molar-refractivity contribution in [2.45, 2.75) is 32.3 Å². The predicted molar refractivity (Wildman–Crippen MR) is 90.0 cm³/mol. The van der Waals surface area contributed by atoms with E-state index < -0.39 is 0 Å². The standard InChI is InChI=1S/C18H24ClNO3/c1-13-16(3-2-4-17(13)19)18(21)20-8-5-15(6-9-20)23-12-14-7-10-22-11-14/h2-4,14-15H,5-12H2,1H3/t14-/m1/s1. The molecule has 0 unspecified atom stereocenters. The van der Waals surface area contributed by atoms with Gasteiger partial charge in [-0.05, 0) is 43.9 Å². The smallest absolute Gasteiger partial charge is 0.254 e. The number of carbonyl (C=O) groups excluding carboxylic acids is 1. The van der Waals surface area contributed by atoms with Gasteiger partial charge < -0.3 is 14.4 Å². The SMILES string of the molecule is Cc1c(Cl)cccc1C(=O)N1CCC(OC[C@@H]2CCOC2)CC1. The van der Waals surface area contributed by atoms with Crippen molar-refractivity contribution in [3.63, 3.8) is 0 Å². The second-order valence-corrected chi connectivity index (χ2v) is 6.87. The Kier molecular flexibility index (Phi) is 5.57. The number of carbonyl (C=O) groups is 1. The topological polar surface area (TPSA) is 38.8 Å². The van der Waals surface area contributed by atoms with Crippen molar-refractivity contribution in [1.82, 2.24) is 4.90 Å². The molecule has 0 saturated carbocycles. The monoisotopic (exact) mass is 337 g/mol. The van der Waals surface area contributed by atoms with Gasteiger partial charge in [-0.15, -0.1) is 0 Å². The summed E-state index contributed by atoms with van der Waals surface area (Å²) >= 11 is 6.12. The van der Waals surface area contributed by atoms with Crippen molar-refractivity contribution in [1.29, 1.82) is 0 Å². The first-order chi connectivity index (χ1) is 11.1. The molecular formula is C18H24ClNO3. The van der Waals surface area contributed by atoms with Crippen LogP contribution in [0.2, 0.25) is 5.02 Å². The van der Waals surface area contributed by atoms with E-state index in [2.05, 4.69) is 0 Å². The zero-order chi connectivity index (χ0) is 16.2. The molecule has 0 bridgehead atoms. The summed E-state index contributed by atoms with van der Waals surface area (Å²) in [7, 11) is 0. The minimum atomic E-state index is 0.0765. The minimum absolute atomic E-state index is 0.0765. The Balaban J connectivity index is 1.50. The molecule has 23 heavy (non-hydrogen) atoms. The van der Waals surface area contributed by atoms with Gasteiger partial charge in [0, 0.05) is 36.2 Å². The highest BCUT2D eigenvalue weighted by atomic mass is 35.5. The summed E-state index contributed by atoms with van der Waals surface area (Å²) in [6, 6.07) is 5.51. The predicted octanol–water partition coefficient (Wildman–Crippen LogP) is 3.31. The molecule has 0 aliphatic carbocycles. The molecule has 1 aromatic rings. The lowest BCUT2D eigenvalue weighted by Crippen LogP contribution is -2.41. The third-order valence-electron chi connectivity index (χ3n) is 4.82. The number of halogens is 1. The lowest BCUT2D eigenvalue weighted by Gasteiger charge is -2.32. The van der Waals surface area contributed by atoms with Crippen molar-refractivity contribution in [3.05, 3.63) is 34.3 Å². The van der Waals surface area contributed by atoms with E-state index in [0.29, 0.717) is 16.5 Å². The average Bonchev–Trinajstić information content (AvgIpc) is 3.09. The van der Waals surface area contributed by atoms with E-state index in [0.717, 1.165) is 57.7 Å². The summed E-state index contributed by atoms with van der Waals surface area (Å²) in [6.45, 7) is 5.86. The van der Waals surface area contributed by atoms with Crippen molar-refractivity contribution in [2.24, 2.45) is 5.92 Å². The van der Waals surface area contributed by atoms with Crippen molar-refractivity contribution in [3.8, 4) is 0 Å². The van der Waals surface area contributed by atoms with E-state index in [4.69, 9.17) is 21.1 Å². The van der Waals surface area contributed by atoms with Crippen molar-refractivity contribution >= 4 is 17.5 Å². The molecule has 0 aromatic heterocycles. The number of ether oxygens (including phenoxy) is 2. The molecule has 2 aliphatic heterocycles. The highest BCUT2D eigenvalue weighted by molar-refractivity contribution is 6.31. The fourth-order valence-corrected chi connectivity index (χ4v) is 3.40. The zero-order valence-corrected chi connectivity index (χ0v) is 14.3. The van der Waals surface area contributed by atoms with E-state index in [1.807, 2.05) is 30.0 Å². The van der Waals surface area contributed by atoms with Crippen molar-refractivity contribution < 1.29 is 14.3 Å². The summed E-state index contributed by atoms with van der Waals surface area (Å²) in [6.07, 6.45) is 3.17. The third kappa shape index (κ3) is 4.06. The number of nitrogens with zero attached hydrogens (tertiary/aromatic N) is 1. The Labute approximate surface area is 142 Å². The van der Waals surface area contributed by atoms with Crippen LogP contribution >= 0.6 is 11.6 Å². The average molecular weight is 338 g/mol. The molecule has 1 atom stereocenters. The van der Waals surface area contributed by atoms with E-state index >= 15 is 0 Å². The molecule has 5 heteroatoms. The van der Waals surface area contributed by atoms with Gasteiger partial charge >= 0.3 is 0 Å². The van der Waals surface area contributed by atoms with Gasteiger partial charge in [-0.2, -0.15) is 0 Å². The van der Waals surface area contributed by atoms with E-state index in [1.54, 1.807) is 0 Å². The van der Waals surface area contributed by atoms with E-state index in [-0.39, 0.29) is 12.0 Å². The van der Waals surface area contributed by atoms with Gasteiger partial charge in [0.25, 0.3) is 5.91 Å². The summed E-state index contributed by atoms with van der Waals surface area (Å²) in [5.74, 6) is 0.622. The van der Waals surface area contributed by atoms with Gasteiger partial charge in [0.15, 0.2) is 0 Å². The molecule has 2 aliphatic rings. The van der Waals surface area contributed by atoms with Gasteiger partial charge in [0.1, 0.15) is 0 Å². The Morgan fingerprint density at radius 2 is 2.13 bits per heavy atom. The number of hydrogen-bond donors (Lipinski definition) is 0. The minimum Gasteiger partial charge on any atom is -0.381 e. The maximum absolute atomic E-state index is 12.7. The molecule has 2 fully saturated rings. The van der Waals surface area contributed by atoms with Crippen LogP contribution in [0.1, 0.15) is 35.2 Å². The molecule has 126 valence electrons. The Bertz CT molecular complexity index is 549. The second kappa shape index (κ2) is 7.65. The molecule has 0 spiro atoms. The molecule has 2 heterocycles. The first kappa shape index (κ1) is 16.7. The van der Waals surface area contributed by atoms with Crippen LogP contribution in [0.25, 0.3) is 0 Å². The van der Waals surface area contributed by atoms with E-state index in [1.165, 1.54) is 0 Å². The number of hydrogen-bond acceptors (Lipinski definition) is 3. The Hall–Kier alpha value is -1.10. The summed E-state index contributed by atoms with van der Waals surface area (Å²) in [5, 5.41) is 0.646. The number of likely N-dealkylation sites (tertiary alicyclic amines) is 1. The molecule has 4 nitrogen and oxygen atoms in total. The summed E-state index contributed by atoms with van der Waals surface area (Å²) in [5.41, 5.74) is 1.57. The number of benzene rings is 1. The third-order valence-corrected chi connectivity index (χ3v) is 5.23. The van der Waals surface area contributed by atoms with Crippen LogP contribution in [-0.4, -0.2) is 49.8 Å². The van der Waals surface area contributed by atoms with Crippen LogP contribution < -0.4 is 0 Å². The van der Waals surface area contributed by atoms with Crippen LogP contribution in [0, 0.1) is 12.8 Å². The lowest BCUT2D eigenvalue weighted by molar-refractivity contribution is -0.00794. The highest BCUT2D eigenvalue weighted by Crippen LogP contribution is 2.23. The van der Waals surface area contributed by atoms with Gasteiger partial charge in [-0.1, -0.05) is 17.7 Å². The Morgan fingerprint density at radius 1 is 1.35 bits per heavy atom. The highest BCUT2D eigenvalue weighted by Gasteiger charge is 2.26. The van der Waals surface area contributed by atoms with Crippen LogP contribution in [0.5, 0.6) is 0 Å². The fourth-order valence-electron chi connectivity index (χ4n) is 3.22. The molecule has 0 N–H and O–H groups in total. The van der Waals surface area contributed by atoms with E-state index in [9.17, 15) is 4.79 Å². The molecule has 1 aromatic carbocycles. The van der Waals surface area contributed by atoms with Crippen LogP contribution in [0.3, 0.4) is 0 Å². The van der Waals surface area contributed by atoms with Gasteiger partial charge in [-0.3, -0.25) is 4.79 Å². The molecule has 2 saturated heterocycles. The molecular weight excluding hydrogens is 314 g/mol. The second-order valence-electron chi connectivity index (χ2n) is 6.47. The number of amides is 1. The normalized spacial score (nSPS) is 22.5. The quantitative estimate of drug-likeness (QED) is 0.846. The fraction of sp³-hybridized carbons (Fsp3) is 0.611. The Morgan fingerprint density at radius 3 is 2.83 bits per heavy atom. The summed E-state index contributed by atoms with van der Waals surface area (Å²) < 4.78 is 11.4. The van der Waals surface area contributed by atoms with Gasteiger partial charge in [0.05, 0.1) is 19.3 Å². The largest absolute Gasteiger partial charge is 0.381 e. The maximum atomic E-state index is 12.7. The van der Waals surface area contributed by atoms with Gasteiger partial charge in [0.2, 0.25) is 0 Å². The first-order valence-electron chi connectivity index (χ1n) is 8.39. The van der Waals surface area contributed by atoms with Crippen LogP contribution in [0.15, 0.2) is 18.2 Å². The van der Waals surface area contributed by atoms with Gasteiger partial charge in [-0.25, -0.2) is 0 Å². The summed E-state index contributed by atoms with van der Waals surface area (Å²) in [4.78, 5) is 14.6. The zero-order valence-electron chi connectivity index (χ0n) is 13.6. The lowest BCUT2D eigenvalue weighted by atomic mass is 10.0. The van der Waals surface area contributed by atoms with Crippen LogP contribution in [0.4, 0.5) is 0 Å². The molecule has 1 amide bonds. The van der Waals surface area contributed by atoms with Crippen LogP contribution in [-0.2, 0) is 9.47 Å². The number of piperidine rings is 1. The number of rotatable bonds is 4. The first-order valence-corrected chi connectivity index (χ1v) is 8.76. The van der Waals surface area contributed by atoms with Crippen molar-refractivity contribution in [2.75, 3.05) is 32.9 Å².